The van der Waals surface area contributed by atoms with E-state index in [4.69, 9.17) is 14.0 Å². The molecule has 0 fully saturated rings. The quantitative estimate of drug-likeness (QED) is 0.868. The highest BCUT2D eigenvalue weighted by molar-refractivity contribution is 5.60. The van der Waals surface area contributed by atoms with Crippen molar-refractivity contribution in [2.45, 2.75) is 19.0 Å². The second-order valence-electron chi connectivity index (χ2n) is 4.20. The van der Waals surface area contributed by atoms with Crippen molar-refractivity contribution in [3.8, 4) is 23.0 Å². The van der Waals surface area contributed by atoms with Crippen molar-refractivity contribution in [2.24, 2.45) is 0 Å². The molecule has 1 aliphatic heterocycles. The van der Waals surface area contributed by atoms with E-state index in [1.165, 1.54) is 0 Å². The zero-order valence-corrected chi connectivity index (χ0v) is 10.1. The zero-order valence-electron chi connectivity index (χ0n) is 10.1. The van der Waals surface area contributed by atoms with Crippen molar-refractivity contribution in [2.75, 3.05) is 6.79 Å². The maximum atomic E-state index is 12.1. The zero-order chi connectivity index (χ0) is 14.2. The van der Waals surface area contributed by atoms with Crippen LogP contribution in [0.5, 0.6) is 11.5 Å². The lowest BCUT2D eigenvalue weighted by molar-refractivity contribution is -0.134. The minimum absolute atomic E-state index is 0.0231. The van der Waals surface area contributed by atoms with Crippen molar-refractivity contribution < 1.29 is 27.2 Å². The lowest BCUT2D eigenvalue weighted by Crippen LogP contribution is -2.09. The van der Waals surface area contributed by atoms with E-state index in [-0.39, 0.29) is 24.9 Å². The second kappa shape index (κ2) is 4.69. The molecule has 0 unspecified atom stereocenters. The fraction of sp³-hybridized carbons (Fsp3) is 0.333. The molecule has 1 aromatic carbocycles. The average molecular weight is 286 g/mol. The summed E-state index contributed by atoms with van der Waals surface area (Å²) in [5.74, 6) is 1.32. The van der Waals surface area contributed by atoms with Gasteiger partial charge < -0.3 is 14.0 Å². The first-order valence-electron chi connectivity index (χ1n) is 5.81. The first-order chi connectivity index (χ1) is 9.51. The van der Waals surface area contributed by atoms with Gasteiger partial charge in [0.25, 0.3) is 5.89 Å². The molecule has 0 radical (unpaired) electrons. The second-order valence-corrected chi connectivity index (χ2v) is 4.20. The summed E-state index contributed by atoms with van der Waals surface area (Å²) in [5.41, 5.74) is 0.569. The van der Waals surface area contributed by atoms with E-state index in [2.05, 4.69) is 10.1 Å². The molecule has 1 aliphatic rings. The van der Waals surface area contributed by atoms with Crippen molar-refractivity contribution >= 4 is 0 Å². The minimum atomic E-state index is -4.24. The maximum absolute atomic E-state index is 12.1. The average Bonchev–Trinajstić information content (AvgIpc) is 3.03. The molecule has 3 rings (SSSR count). The van der Waals surface area contributed by atoms with Crippen molar-refractivity contribution in [3.63, 3.8) is 0 Å². The van der Waals surface area contributed by atoms with E-state index in [1.807, 2.05) is 0 Å². The molecule has 0 N–H and O–H groups in total. The molecule has 8 heteroatoms. The molecule has 0 saturated carbocycles. The van der Waals surface area contributed by atoms with Crippen LogP contribution >= 0.6 is 0 Å². The molecule has 1 aromatic heterocycles. The third-order valence-corrected chi connectivity index (χ3v) is 2.72. The Balaban J connectivity index is 1.76. The summed E-state index contributed by atoms with van der Waals surface area (Å²) in [5, 5.41) is 3.53. The van der Waals surface area contributed by atoms with Crippen LogP contribution in [0.4, 0.5) is 13.2 Å². The van der Waals surface area contributed by atoms with E-state index < -0.39 is 12.6 Å². The third kappa shape index (κ3) is 2.68. The largest absolute Gasteiger partial charge is 0.454 e. The van der Waals surface area contributed by atoms with Gasteiger partial charge in [0.05, 0.1) is 6.42 Å². The highest BCUT2D eigenvalue weighted by Crippen LogP contribution is 2.35. The number of hydrogen-bond donors (Lipinski definition) is 0. The molecule has 2 aromatic rings. The number of halogens is 3. The summed E-state index contributed by atoms with van der Waals surface area (Å²) in [6.45, 7) is 0.138. The summed E-state index contributed by atoms with van der Waals surface area (Å²) in [6, 6.07) is 5.00. The Morgan fingerprint density at radius 2 is 1.95 bits per heavy atom. The summed E-state index contributed by atoms with van der Waals surface area (Å²) in [4.78, 5) is 3.93. The van der Waals surface area contributed by atoms with Crippen LogP contribution in [0.2, 0.25) is 0 Å². The van der Waals surface area contributed by atoms with E-state index in [1.54, 1.807) is 18.2 Å². The Hall–Kier alpha value is -2.25. The Morgan fingerprint density at radius 3 is 2.75 bits per heavy atom. The highest BCUT2D eigenvalue weighted by atomic mass is 19.4. The van der Waals surface area contributed by atoms with Gasteiger partial charge in [-0.2, -0.15) is 18.2 Å². The van der Waals surface area contributed by atoms with Crippen LogP contribution in [0.1, 0.15) is 12.2 Å². The van der Waals surface area contributed by atoms with Crippen LogP contribution in [0, 0.1) is 0 Å². The van der Waals surface area contributed by atoms with Gasteiger partial charge in [0.15, 0.2) is 17.3 Å². The predicted molar refractivity (Wildman–Crippen MR) is 60.2 cm³/mol. The molecule has 0 saturated heterocycles. The van der Waals surface area contributed by atoms with Gasteiger partial charge in [-0.1, -0.05) is 5.16 Å². The molecule has 5 nitrogen and oxygen atoms in total. The lowest BCUT2D eigenvalue weighted by Gasteiger charge is -2.01. The third-order valence-electron chi connectivity index (χ3n) is 2.72. The fourth-order valence-corrected chi connectivity index (χ4v) is 1.76. The Labute approximate surface area is 111 Å². The van der Waals surface area contributed by atoms with E-state index >= 15 is 0 Å². The maximum Gasteiger partial charge on any atom is 0.389 e. The molecular weight excluding hydrogens is 277 g/mol. The van der Waals surface area contributed by atoms with Crippen LogP contribution in [-0.4, -0.2) is 23.1 Å². The smallest absolute Gasteiger partial charge is 0.389 e. The Kier molecular flexibility index (Phi) is 3.00. The van der Waals surface area contributed by atoms with Gasteiger partial charge in [-0.15, -0.1) is 0 Å². The topological polar surface area (TPSA) is 57.4 Å². The van der Waals surface area contributed by atoms with Crippen LogP contribution < -0.4 is 9.47 Å². The first-order valence-corrected chi connectivity index (χ1v) is 5.81. The summed E-state index contributed by atoms with van der Waals surface area (Å²) in [7, 11) is 0. The van der Waals surface area contributed by atoms with Gasteiger partial charge in [0.2, 0.25) is 6.79 Å². The summed E-state index contributed by atoms with van der Waals surface area (Å²) in [6.07, 6.45) is -5.52. The summed E-state index contributed by atoms with van der Waals surface area (Å²) >= 11 is 0. The van der Waals surface area contributed by atoms with Gasteiger partial charge in [0.1, 0.15) is 0 Å². The number of alkyl halides is 3. The van der Waals surface area contributed by atoms with Gasteiger partial charge in [-0.05, 0) is 18.2 Å². The van der Waals surface area contributed by atoms with Crippen LogP contribution in [0.3, 0.4) is 0 Å². The number of fused-ring (bicyclic) bond motifs is 1. The molecule has 0 aliphatic carbocycles. The number of nitrogens with zero attached hydrogens (tertiary/aromatic N) is 2. The number of ether oxygens (including phenoxy) is 2. The standard InChI is InChI=1S/C12H9F3N2O3/c13-12(14,15)4-3-10-16-11(20-17-10)7-1-2-8-9(5-7)19-6-18-8/h1-2,5H,3-4,6H2. The van der Waals surface area contributed by atoms with Gasteiger partial charge >= 0.3 is 6.18 Å². The summed E-state index contributed by atoms with van der Waals surface area (Å²) < 4.78 is 51.6. The molecule has 0 bridgehead atoms. The molecule has 0 amide bonds. The molecule has 0 spiro atoms. The molecule has 0 atom stereocenters. The number of hydrogen-bond acceptors (Lipinski definition) is 5. The molecule has 2 heterocycles. The molecule has 106 valence electrons. The number of aromatic nitrogens is 2. The van der Waals surface area contributed by atoms with Gasteiger partial charge in [-0.3, -0.25) is 0 Å². The molecular formula is C12H9F3N2O3. The normalized spacial score (nSPS) is 13.8. The van der Waals surface area contributed by atoms with E-state index in [9.17, 15) is 13.2 Å². The predicted octanol–water partition coefficient (Wildman–Crippen LogP) is 2.96. The molecule has 20 heavy (non-hydrogen) atoms. The number of rotatable bonds is 3. The van der Waals surface area contributed by atoms with Crippen molar-refractivity contribution in [1.82, 2.24) is 10.1 Å². The van der Waals surface area contributed by atoms with Crippen molar-refractivity contribution in [1.29, 1.82) is 0 Å². The Bertz CT molecular complexity index is 625. The highest BCUT2D eigenvalue weighted by Gasteiger charge is 2.27. The van der Waals surface area contributed by atoms with Gasteiger partial charge in [0, 0.05) is 12.0 Å². The minimum Gasteiger partial charge on any atom is -0.454 e. The fourth-order valence-electron chi connectivity index (χ4n) is 1.76. The monoisotopic (exact) mass is 286 g/mol. The Morgan fingerprint density at radius 1 is 1.15 bits per heavy atom. The van der Waals surface area contributed by atoms with Crippen LogP contribution in [0.25, 0.3) is 11.5 Å². The first kappa shape index (κ1) is 12.8. The van der Waals surface area contributed by atoms with Crippen molar-refractivity contribution in [3.05, 3.63) is 24.0 Å². The van der Waals surface area contributed by atoms with Crippen LogP contribution in [0.15, 0.2) is 22.7 Å². The van der Waals surface area contributed by atoms with Crippen LogP contribution in [-0.2, 0) is 6.42 Å². The van der Waals surface area contributed by atoms with E-state index in [0.717, 1.165) is 0 Å². The SMILES string of the molecule is FC(F)(F)CCc1noc(-c2ccc3c(c2)OCO3)n1. The number of benzene rings is 1. The number of aryl methyl sites for hydroxylation is 1. The van der Waals surface area contributed by atoms with Gasteiger partial charge in [-0.25, -0.2) is 0 Å². The lowest BCUT2D eigenvalue weighted by atomic mass is 10.2. The van der Waals surface area contributed by atoms with E-state index in [0.29, 0.717) is 17.1 Å².